The summed E-state index contributed by atoms with van der Waals surface area (Å²) in [6, 6.07) is 2.49. The Labute approximate surface area is 256 Å². The summed E-state index contributed by atoms with van der Waals surface area (Å²) in [6.07, 6.45) is 1.58. The van der Waals surface area contributed by atoms with E-state index in [4.69, 9.17) is 13.8 Å². The van der Waals surface area contributed by atoms with Crippen molar-refractivity contribution in [1.29, 1.82) is 0 Å². The molecule has 0 radical (unpaired) electrons. The molecule has 2 aromatic rings. The molecule has 0 unspecified atom stereocenters. The van der Waals surface area contributed by atoms with Gasteiger partial charge in [-0.2, -0.15) is 8.78 Å². The second-order valence-electron chi connectivity index (χ2n) is 10.6. The maximum absolute atomic E-state index is 13.9. The number of piperidine rings is 1. The zero-order chi connectivity index (χ0) is 34.1. The highest BCUT2D eigenvalue weighted by molar-refractivity contribution is 7.53. The van der Waals surface area contributed by atoms with Gasteiger partial charge in [0, 0.05) is 24.2 Å². The van der Waals surface area contributed by atoms with E-state index in [0.29, 0.717) is 44.1 Å². The van der Waals surface area contributed by atoms with Gasteiger partial charge in [0.15, 0.2) is 0 Å². The Bertz CT molecular complexity index is 1480. The molecule has 0 aliphatic carbocycles. The predicted molar refractivity (Wildman–Crippen MR) is 156 cm³/mol. The molecule has 0 aromatic heterocycles. The predicted octanol–water partition coefficient (Wildman–Crippen LogP) is 7.93. The lowest BCUT2D eigenvalue weighted by atomic mass is 10.0. The zero-order valence-corrected chi connectivity index (χ0v) is 26.2. The molecule has 0 saturated carbocycles. The number of nitrogens with zero attached hydrogens (tertiary/aromatic N) is 3. The number of hydrogen-bond acceptors (Lipinski definition) is 9. The molecule has 1 fully saturated rings. The third-order valence-corrected chi connectivity index (χ3v) is 8.04. The maximum Gasteiger partial charge on any atom is 0.410 e. The second kappa shape index (κ2) is 15.9. The number of hydrogen-bond donors (Lipinski definition) is 0. The maximum atomic E-state index is 13.9. The second-order valence-corrected chi connectivity index (χ2v) is 12.7. The van der Waals surface area contributed by atoms with Crippen molar-refractivity contribution < 1.29 is 50.6 Å². The van der Waals surface area contributed by atoms with Crippen LogP contribution in [0.4, 0.5) is 33.7 Å². The average molecular weight is 664 g/mol. The highest BCUT2D eigenvalue weighted by Gasteiger charge is 2.29. The minimum Gasteiger partial charge on any atom is -0.444 e. The number of halogens is 4. The van der Waals surface area contributed by atoms with E-state index in [1.54, 1.807) is 39.5 Å². The van der Waals surface area contributed by atoms with Crippen molar-refractivity contribution in [3.8, 4) is 0 Å². The molecular formula is C28H34F4N3O9P. The van der Waals surface area contributed by atoms with Gasteiger partial charge in [-0.15, -0.1) is 0 Å². The minimum atomic E-state index is -3.60. The highest BCUT2D eigenvalue weighted by atomic mass is 31.2. The molecule has 0 spiro atoms. The third kappa shape index (κ3) is 11.2. The molecule has 1 heterocycles. The Hall–Kier alpha value is -3.88. The number of rotatable bonds is 9. The molecule has 2 aromatic carbocycles. The largest absolute Gasteiger partial charge is 0.444 e. The molecule has 1 amide bonds. The number of benzene rings is 2. The van der Waals surface area contributed by atoms with Gasteiger partial charge in [0.1, 0.15) is 17.2 Å². The van der Waals surface area contributed by atoms with Crippen LogP contribution in [0.2, 0.25) is 0 Å². The highest BCUT2D eigenvalue weighted by Crippen LogP contribution is 2.51. The Morgan fingerprint density at radius 2 is 1.38 bits per heavy atom. The van der Waals surface area contributed by atoms with Crippen LogP contribution in [0.25, 0.3) is 6.08 Å². The normalized spacial score (nSPS) is 13.5. The fourth-order valence-electron chi connectivity index (χ4n) is 4.04. The van der Waals surface area contributed by atoms with E-state index in [0.717, 1.165) is 11.6 Å². The zero-order valence-electron chi connectivity index (χ0n) is 25.3. The smallest absolute Gasteiger partial charge is 0.410 e. The summed E-state index contributed by atoms with van der Waals surface area (Å²) in [4.78, 5) is 32.6. The first-order valence-electron chi connectivity index (χ1n) is 13.7. The van der Waals surface area contributed by atoms with E-state index in [1.165, 1.54) is 6.08 Å². The number of likely N-dealkylation sites (tertiary alicyclic amines) is 1. The molecule has 1 saturated heterocycles. The molecule has 1 aliphatic heterocycles. The fourth-order valence-corrected chi connectivity index (χ4v) is 5.74. The van der Waals surface area contributed by atoms with Crippen molar-refractivity contribution in [3.63, 3.8) is 0 Å². The van der Waals surface area contributed by atoms with Gasteiger partial charge in [-0.05, 0) is 59.6 Å². The van der Waals surface area contributed by atoms with Crippen molar-refractivity contribution in [2.24, 2.45) is 0 Å². The Morgan fingerprint density at radius 1 is 0.889 bits per heavy atom. The number of nitro groups is 2. The Morgan fingerprint density at radius 3 is 1.84 bits per heavy atom. The molecule has 0 N–H and O–H groups in total. The molecule has 0 bridgehead atoms. The summed E-state index contributed by atoms with van der Waals surface area (Å²) in [6.45, 7) is 9.50. The molecule has 17 heteroatoms. The molecular weight excluding hydrogens is 629 g/mol. The van der Waals surface area contributed by atoms with Gasteiger partial charge in [-0.3, -0.25) is 24.8 Å². The SMILES string of the molecule is CC(C)(C)OC(=O)N1CCC(=Cc2cc(F)c([N+](=O)[O-])cc2F)CC1.CCOP(=O)(Cc1cc(F)c([N+](=O)[O-])cc1F)OCC. The Balaban J connectivity index is 0.000000322. The number of nitro benzene ring substituents is 2. The van der Waals surface area contributed by atoms with Crippen molar-refractivity contribution in [2.45, 2.75) is 59.2 Å². The first kappa shape index (κ1) is 37.3. The Kier molecular flexibility index (Phi) is 13.2. The number of amides is 1. The standard InChI is InChI=1S/C17H20F2N2O4.C11H14F2NO5P/c1-17(2,3)25-16(22)20-6-4-11(5-7-20)8-12-9-14(19)15(21(23)24)10-13(12)18;1-3-18-20(17,19-4-2)7-8-5-10(13)11(14(15)16)6-9(8)12/h8-10H,4-7H2,1-3H3;5-6H,3-4,7H2,1-2H3. The summed E-state index contributed by atoms with van der Waals surface area (Å²) in [5, 5.41) is 21.1. The summed E-state index contributed by atoms with van der Waals surface area (Å²) in [5.74, 6) is -4.16. The number of ether oxygens (including phenoxy) is 1. The van der Waals surface area contributed by atoms with Crippen molar-refractivity contribution >= 4 is 31.1 Å². The number of carbonyl (C=O) groups is 1. The first-order chi connectivity index (χ1) is 20.9. The average Bonchev–Trinajstić information content (AvgIpc) is 2.92. The van der Waals surface area contributed by atoms with Gasteiger partial charge >= 0.3 is 25.1 Å². The van der Waals surface area contributed by atoms with Crippen LogP contribution >= 0.6 is 7.60 Å². The molecule has 248 valence electrons. The van der Waals surface area contributed by atoms with Crippen LogP contribution in [0.15, 0.2) is 29.8 Å². The van der Waals surface area contributed by atoms with Crippen molar-refractivity contribution in [1.82, 2.24) is 4.90 Å². The lowest BCUT2D eigenvalue weighted by molar-refractivity contribution is -0.387. The van der Waals surface area contributed by atoms with E-state index in [2.05, 4.69) is 0 Å². The van der Waals surface area contributed by atoms with Crippen molar-refractivity contribution in [2.75, 3.05) is 26.3 Å². The van der Waals surface area contributed by atoms with Crippen molar-refractivity contribution in [3.05, 3.63) is 84.5 Å². The third-order valence-electron chi connectivity index (χ3n) is 6.01. The number of carbonyl (C=O) groups excluding carboxylic acids is 1. The van der Waals surface area contributed by atoms with E-state index in [1.807, 2.05) is 0 Å². The first-order valence-corrected chi connectivity index (χ1v) is 15.4. The van der Waals surface area contributed by atoms with Crippen LogP contribution in [-0.4, -0.2) is 52.7 Å². The quantitative estimate of drug-likeness (QED) is 0.113. The van der Waals surface area contributed by atoms with Gasteiger partial charge in [0.25, 0.3) is 0 Å². The van der Waals surface area contributed by atoms with E-state index in [-0.39, 0.29) is 24.3 Å². The van der Waals surface area contributed by atoms with E-state index >= 15 is 0 Å². The van der Waals surface area contributed by atoms with Crippen LogP contribution in [0, 0.1) is 43.5 Å². The topological polar surface area (TPSA) is 151 Å². The van der Waals surface area contributed by atoms with E-state index < -0.39 is 69.9 Å². The van der Waals surface area contributed by atoms with Gasteiger partial charge in [0.05, 0.1) is 41.4 Å². The van der Waals surface area contributed by atoms with Crippen LogP contribution in [0.5, 0.6) is 0 Å². The molecule has 45 heavy (non-hydrogen) atoms. The minimum absolute atomic E-state index is 0.0381. The summed E-state index contributed by atoms with van der Waals surface area (Å²) < 4.78 is 82.1. The van der Waals surface area contributed by atoms with Gasteiger partial charge < -0.3 is 18.7 Å². The lowest BCUT2D eigenvalue weighted by Gasteiger charge is -2.31. The van der Waals surface area contributed by atoms with Gasteiger partial charge in [-0.25, -0.2) is 13.6 Å². The fraction of sp³-hybridized carbons (Fsp3) is 0.464. The van der Waals surface area contributed by atoms with E-state index in [9.17, 15) is 47.1 Å². The van der Waals surface area contributed by atoms with Crippen LogP contribution in [-0.2, 0) is 24.5 Å². The summed E-state index contributed by atoms with van der Waals surface area (Å²) in [5.41, 5.74) is -1.94. The molecule has 1 aliphatic rings. The monoisotopic (exact) mass is 663 g/mol. The molecule has 0 atom stereocenters. The van der Waals surface area contributed by atoms with Crippen LogP contribution in [0.1, 0.15) is 58.6 Å². The van der Waals surface area contributed by atoms with Gasteiger partial charge in [-0.1, -0.05) is 11.6 Å². The molecule has 3 rings (SSSR count). The molecule has 12 nitrogen and oxygen atoms in total. The summed E-state index contributed by atoms with van der Waals surface area (Å²) >= 11 is 0. The van der Waals surface area contributed by atoms with Crippen LogP contribution < -0.4 is 0 Å². The lowest BCUT2D eigenvalue weighted by Crippen LogP contribution is -2.40. The van der Waals surface area contributed by atoms with Crippen LogP contribution in [0.3, 0.4) is 0 Å². The van der Waals surface area contributed by atoms with Gasteiger partial charge in [0.2, 0.25) is 11.6 Å². The summed E-state index contributed by atoms with van der Waals surface area (Å²) in [7, 11) is -3.60.